The van der Waals surface area contributed by atoms with Crippen molar-refractivity contribution in [3.05, 3.63) is 47.8 Å². The van der Waals surface area contributed by atoms with Gasteiger partial charge in [-0.05, 0) is 12.5 Å². The molecule has 1 amide bonds. The Balaban J connectivity index is 2.08. The lowest BCUT2D eigenvalue weighted by molar-refractivity contribution is -0.137. The fraction of sp³-hybridized carbons (Fsp3) is 0.286. The van der Waals surface area contributed by atoms with Gasteiger partial charge in [0.25, 0.3) is 5.91 Å². The number of amides is 1. The van der Waals surface area contributed by atoms with E-state index in [9.17, 15) is 9.59 Å². The third kappa shape index (κ3) is 3.88. The average molecular weight is 288 g/mol. The summed E-state index contributed by atoms with van der Waals surface area (Å²) in [5, 5.41) is 16.5. The minimum Gasteiger partial charge on any atom is -0.480 e. The minimum atomic E-state index is -1.05. The van der Waals surface area contributed by atoms with Crippen LogP contribution >= 0.6 is 0 Å². The SMILES string of the molecule is CCN(CC(=O)O)C(=O)c1cn(Cc2ccccc2)nn1. The van der Waals surface area contributed by atoms with Crippen LogP contribution in [0, 0.1) is 0 Å². The van der Waals surface area contributed by atoms with Crippen LogP contribution in [0.15, 0.2) is 36.5 Å². The molecule has 7 nitrogen and oxygen atoms in total. The van der Waals surface area contributed by atoms with Crippen molar-refractivity contribution in [1.29, 1.82) is 0 Å². The number of carboxylic acids is 1. The molecule has 110 valence electrons. The first kappa shape index (κ1) is 14.7. The Hall–Kier alpha value is -2.70. The topological polar surface area (TPSA) is 88.3 Å². The van der Waals surface area contributed by atoms with E-state index in [4.69, 9.17) is 5.11 Å². The summed E-state index contributed by atoms with van der Waals surface area (Å²) in [4.78, 5) is 24.0. The predicted molar refractivity (Wildman–Crippen MR) is 74.8 cm³/mol. The lowest BCUT2D eigenvalue weighted by Crippen LogP contribution is -2.35. The third-order valence-corrected chi connectivity index (χ3v) is 2.94. The highest BCUT2D eigenvalue weighted by Crippen LogP contribution is 2.04. The summed E-state index contributed by atoms with van der Waals surface area (Å²) in [5.41, 5.74) is 1.19. The molecule has 1 aromatic heterocycles. The van der Waals surface area contributed by atoms with Crippen LogP contribution in [-0.4, -0.2) is 50.0 Å². The number of hydrogen-bond acceptors (Lipinski definition) is 4. The van der Waals surface area contributed by atoms with Crippen molar-refractivity contribution < 1.29 is 14.7 Å². The maximum Gasteiger partial charge on any atom is 0.323 e. The maximum absolute atomic E-state index is 12.1. The molecule has 2 aromatic rings. The van der Waals surface area contributed by atoms with Crippen LogP contribution < -0.4 is 0 Å². The second-order valence-corrected chi connectivity index (χ2v) is 4.50. The fourth-order valence-corrected chi connectivity index (χ4v) is 1.90. The van der Waals surface area contributed by atoms with Gasteiger partial charge in [-0.25, -0.2) is 4.68 Å². The van der Waals surface area contributed by atoms with Crippen LogP contribution in [0.3, 0.4) is 0 Å². The molecule has 0 radical (unpaired) electrons. The van der Waals surface area contributed by atoms with Gasteiger partial charge in [0.05, 0.1) is 12.7 Å². The van der Waals surface area contributed by atoms with E-state index in [0.717, 1.165) is 5.56 Å². The summed E-state index contributed by atoms with van der Waals surface area (Å²) in [6.45, 7) is 2.18. The highest BCUT2D eigenvalue weighted by molar-refractivity contribution is 5.93. The number of aliphatic carboxylic acids is 1. The molecule has 2 rings (SSSR count). The Morgan fingerprint density at radius 2 is 2.00 bits per heavy atom. The fourth-order valence-electron chi connectivity index (χ4n) is 1.90. The molecule has 0 fully saturated rings. The van der Waals surface area contributed by atoms with Gasteiger partial charge in [0.15, 0.2) is 5.69 Å². The van der Waals surface area contributed by atoms with Gasteiger partial charge < -0.3 is 10.0 Å². The second kappa shape index (κ2) is 6.65. The molecule has 0 saturated carbocycles. The Morgan fingerprint density at radius 1 is 1.29 bits per heavy atom. The van der Waals surface area contributed by atoms with Gasteiger partial charge in [0.2, 0.25) is 0 Å². The summed E-state index contributed by atoms with van der Waals surface area (Å²) in [6, 6.07) is 9.66. The number of carbonyl (C=O) groups is 2. The van der Waals surface area contributed by atoms with E-state index in [0.29, 0.717) is 13.1 Å². The number of nitrogens with zero attached hydrogens (tertiary/aromatic N) is 4. The molecule has 1 N–H and O–H groups in total. The molecule has 0 atom stereocenters. The van der Waals surface area contributed by atoms with Crippen LogP contribution in [0.2, 0.25) is 0 Å². The number of aromatic nitrogens is 3. The van der Waals surface area contributed by atoms with Gasteiger partial charge in [0, 0.05) is 6.54 Å². The first-order chi connectivity index (χ1) is 10.1. The van der Waals surface area contributed by atoms with Crippen LogP contribution in [0.25, 0.3) is 0 Å². The maximum atomic E-state index is 12.1. The molecule has 1 heterocycles. The number of benzene rings is 1. The van der Waals surface area contributed by atoms with Gasteiger partial charge in [-0.15, -0.1) is 5.10 Å². The number of rotatable bonds is 6. The van der Waals surface area contributed by atoms with Crippen molar-refractivity contribution in [3.8, 4) is 0 Å². The Morgan fingerprint density at radius 3 is 2.62 bits per heavy atom. The van der Waals surface area contributed by atoms with E-state index in [2.05, 4.69) is 10.3 Å². The zero-order chi connectivity index (χ0) is 15.2. The van der Waals surface area contributed by atoms with Gasteiger partial charge >= 0.3 is 5.97 Å². The molecule has 0 unspecified atom stereocenters. The second-order valence-electron chi connectivity index (χ2n) is 4.50. The molecule has 0 aliphatic heterocycles. The van der Waals surface area contributed by atoms with Crippen LogP contribution in [0.5, 0.6) is 0 Å². The third-order valence-electron chi connectivity index (χ3n) is 2.94. The standard InChI is InChI=1S/C14H16N4O3/c1-2-17(10-13(19)20)14(21)12-9-18(16-15-12)8-11-6-4-3-5-7-11/h3-7,9H,2,8,10H2,1H3,(H,19,20). The summed E-state index contributed by atoms with van der Waals surface area (Å²) in [7, 11) is 0. The van der Waals surface area contributed by atoms with Crippen molar-refractivity contribution >= 4 is 11.9 Å². The largest absolute Gasteiger partial charge is 0.480 e. The summed E-state index contributed by atoms with van der Waals surface area (Å²) in [6.07, 6.45) is 1.53. The van der Waals surface area contributed by atoms with Crippen LogP contribution in [-0.2, 0) is 11.3 Å². The highest BCUT2D eigenvalue weighted by atomic mass is 16.4. The van der Waals surface area contributed by atoms with Gasteiger partial charge in [-0.2, -0.15) is 0 Å². The van der Waals surface area contributed by atoms with E-state index in [-0.39, 0.29) is 12.2 Å². The molecule has 0 saturated heterocycles. The molecule has 21 heavy (non-hydrogen) atoms. The molecule has 7 heteroatoms. The van der Waals surface area contributed by atoms with Crippen molar-refractivity contribution in [3.63, 3.8) is 0 Å². The normalized spacial score (nSPS) is 10.3. The van der Waals surface area contributed by atoms with E-state index in [1.807, 2.05) is 30.3 Å². The van der Waals surface area contributed by atoms with E-state index in [1.165, 1.54) is 11.1 Å². The van der Waals surface area contributed by atoms with Gasteiger partial charge in [-0.3, -0.25) is 9.59 Å². The van der Waals surface area contributed by atoms with E-state index < -0.39 is 11.9 Å². The molecule has 1 aromatic carbocycles. The Labute approximate surface area is 121 Å². The van der Waals surface area contributed by atoms with Crippen LogP contribution in [0.4, 0.5) is 0 Å². The first-order valence-electron chi connectivity index (χ1n) is 6.55. The zero-order valence-electron chi connectivity index (χ0n) is 11.6. The first-order valence-corrected chi connectivity index (χ1v) is 6.55. The summed E-state index contributed by atoms with van der Waals surface area (Å²) < 4.78 is 1.55. The summed E-state index contributed by atoms with van der Waals surface area (Å²) in [5.74, 6) is -1.49. The van der Waals surface area contributed by atoms with E-state index >= 15 is 0 Å². The Bertz CT molecular complexity index is 624. The van der Waals surface area contributed by atoms with Crippen LogP contribution in [0.1, 0.15) is 23.0 Å². The number of likely N-dealkylation sites (N-methyl/N-ethyl adjacent to an activating group) is 1. The van der Waals surface area contributed by atoms with Gasteiger partial charge in [0.1, 0.15) is 6.54 Å². The number of carbonyl (C=O) groups excluding carboxylic acids is 1. The molecular weight excluding hydrogens is 272 g/mol. The molecular formula is C14H16N4O3. The van der Waals surface area contributed by atoms with Crippen molar-refractivity contribution in [2.75, 3.05) is 13.1 Å². The van der Waals surface area contributed by atoms with Gasteiger partial charge in [-0.1, -0.05) is 35.5 Å². The number of hydrogen-bond donors (Lipinski definition) is 1. The molecule has 0 aliphatic rings. The van der Waals surface area contributed by atoms with E-state index in [1.54, 1.807) is 11.6 Å². The molecule has 0 spiro atoms. The number of carboxylic acid groups (broad SMARTS) is 1. The highest BCUT2D eigenvalue weighted by Gasteiger charge is 2.19. The lowest BCUT2D eigenvalue weighted by atomic mass is 10.2. The van der Waals surface area contributed by atoms with Crippen molar-refractivity contribution in [2.24, 2.45) is 0 Å². The smallest absolute Gasteiger partial charge is 0.323 e. The summed E-state index contributed by atoms with van der Waals surface area (Å²) >= 11 is 0. The minimum absolute atomic E-state index is 0.147. The predicted octanol–water partition coefficient (Wildman–Crippen LogP) is 0.873. The zero-order valence-corrected chi connectivity index (χ0v) is 11.6. The molecule has 0 aliphatic carbocycles. The Kier molecular flexibility index (Phi) is 4.65. The van der Waals surface area contributed by atoms with Crippen molar-refractivity contribution in [2.45, 2.75) is 13.5 Å². The average Bonchev–Trinajstić information content (AvgIpc) is 2.93. The quantitative estimate of drug-likeness (QED) is 0.852. The lowest BCUT2D eigenvalue weighted by Gasteiger charge is -2.16. The van der Waals surface area contributed by atoms with Crippen molar-refractivity contribution in [1.82, 2.24) is 19.9 Å². The molecule has 0 bridgehead atoms. The monoisotopic (exact) mass is 288 g/mol.